The summed E-state index contributed by atoms with van der Waals surface area (Å²) in [5.74, 6) is 0.651. The quantitative estimate of drug-likeness (QED) is 0.602. The van der Waals surface area contributed by atoms with Crippen LogP contribution < -0.4 is 0 Å². The number of hydrogen-bond donors (Lipinski definition) is 0. The van der Waals surface area contributed by atoms with Crippen LogP contribution in [-0.2, 0) is 14.9 Å². The first-order valence-corrected chi connectivity index (χ1v) is 7.83. The third kappa shape index (κ3) is 3.55. The van der Waals surface area contributed by atoms with Crippen molar-refractivity contribution < 1.29 is 9.53 Å². The van der Waals surface area contributed by atoms with E-state index in [0.29, 0.717) is 11.8 Å². The lowest BCUT2D eigenvalue weighted by Gasteiger charge is -2.43. The maximum atomic E-state index is 11.7. The van der Waals surface area contributed by atoms with Gasteiger partial charge in [0, 0.05) is 12.0 Å². The van der Waals surface area contributed by atoms with E-state index >= 15 is 0 Å². The predicted octanol–water partition coefficient (Wildman–Crippen LogP) is 4.50. The Morgan fingerprint density at radius 1 is 1.29 bits per heavy atom. The number of carbonyl (C=O) groups is 1. The predicted molar refractivity (Wildman–Crippen MR) is 86.1 cm³/mol. The first kappa shape index (κ1) is 15.8. The molecule has 0 aromatic heterocycles. The van der Waals surface area contributed by atoms with Gasteiger partial charge in [0.15, 0.2) is 0 Å². The lowest BCUT2D eigenvalue weighted by Crippen LogP contribution is -2.43. The van der Waals surface area contributed by atoms with E-state index in [4.69, 9.17) is 4.74 Å². The van der Waals surface area contributed by atoms with Crippen molar-refractivity contribution >= 4 is 5.97 Å². The summed E-state index contributed by atoms with van der Waals surface area (Å²) in [5.41, 5.74) is 1.30. The molecule has 0 radical (unpaired) electrons. The van der Waals surface area contributed by atoms with Gasteiger partial charge in [-0.3, -0.25) is 0 Å². The molecule has 0 unspecified atom stereocenters. The standard InChI is InChI=1S/C19H26O2/c1-5-18(20)21-17-13-14(2)11-12-16(17)19(3,4)15-9-7-6-8-10-15/h5-10,14,16-17H,1,11-13H2,2-4H3/t14-,16+,17-/m1/s1. The number of hydrogen-bond acceptors (Lipinski definition) is 2. The minimum atomic E-state index is -0.303. The Morgan fingerprint density at radius 2 is 1.95 bits per heavy atom. The van der Waals surface area contributed by atoms with Crippen LogP contribution in [0, 0.1) is 11.8 Å². The molecular weight excluding hydrogens is 260 g/mol. The molecule has 0 amide bonds. The zero-order chi connectivity index (χ0) is 15.5. The third-order valence-electron chi connectivity index (χ3n) is 4.93. The molecule has 0 saturated heterocycles. The monoisotopic (exact) mass is 286 g/mol. The number of carbonyl (C=O) groups excluding carboxylic acids is 1. The molecule has 1 aromatic rings. The van der Waals surface area contributed by atoms with Crippen molar-refractivity contribution in [1.82, 2.24) is 0 Å². The Morgan fingerprint density at radius 3 is 2.57 bits per heavy atom. The van der Waals surface area contributed by atoms with Gasteiger partial charge in [0.25, 0.3) is 0 Å². The van der Waals surface area contributed by atoms with Gasteiger partial charge in [-0.15, -0.1) is 0 Å². The molecule has 2 heteroatoms. The summed E-state index contributed by atoms with van der Waals surface area (Å²) in [6.45, 7) is 10.3. The van der Waals surface area contributed by atoms with E-state index < -0.39 is 0 Å². The minimum Gasteiger partial charge on any atom is -0.459 e. The fraction of sp³-hybridized carbons (Fsp3) is 0.526. The van der Waals surface area contributed by atoms with Crippen LogP contribution in [0.1, 0.15) is 45.6 Å². The minimum absolute atomic E-state index is 0.00643. The topological polar surface area (TPSA) is 26.3 Å². The van der Waals surface area contributed by atoms with Crippen molar-refractivity contribution in [2.24, 2.45) is 11.8 Å². The van der Waals surface area contributed by atoms with Gasteiger partial charge in [0.2, 0.25) is 0 Å². The number of ether oxygens (including phenoxy) is 1. The van der Waals surface area contributed by atoms with E-state index in [1.54, 1.807) is 0 Å². The summed E-state index contributed by atoms with van der Waals surface area (Å²) in [4.78, 5) is 11.7. The SMILES string of the molecule is C=CC(=O)O[C@@H]1C[C@H](C)CC[C@@H]1C(C)(C)c1ccccc1. The Balaban J connectivity index is 2.25. The first-order chi connectivity index (χ1) is 9.95. The second-order valence-corrected chi connectivity index (χ2v) is 6.79. The Labute approximate surface area is 128 Å². The van der Waals surface area contributed by atoms with Gasteiger partial charge in [-0.1, -0.05) is 64.1 Å². The van der Waals surface area contributed by atoms with Crippen molar-refractivity contribution in [3.8, 4) is 0 Å². The number of benzene rings is 1. The molecule has 21 heavy (non-hydrogen) atoms. The molecule has 0 aliphatic heterocycles. The average molecular weight is 286 g/mol. The summed E-state index contributed by atoms with van der Waals surface area (Å²) in [5, 5.41) is 0. The molecule has 2 nitrogen and oxygen atoms in total. The smallest absolute Gasteiger partial charge is 0.330 e. The van der Waals surface area contributed by atoms with E-state index in [2.05, 4.69) is 51.6 Å². The van der Waals surface area contributed by atoms with Crippen LogP contribution in [0.3, 0.4) is 0 Å². The number of rotatable bonds is 4. The Bertz CT molecular complexity index is 490. The van der Waals surface area contributed by atoms with Crippen molar-refractivity contribution in [2.45, 2.75) is 51.6 Å². The summed E-state index contributed by atoms with van der Waals surface area (Å²) >= 11 is 0. The zero-order valence-corrected chi connectivity index (χ0v) is 13.3. The van der Waals surface area contributed by atoms with Crippen LogP contribution >= 0.6 is 0 Å². The van der Waals surface area contributed by atoms with Gasteiger partial charge in [-0.05, 0) is 29.7 Å². The van der Waals surface area contributed by atoms with E-state index in [-0.39, 0.29) is 17.5 Å². The molecular formula is C19H26O2. The second-order valence-electron chi connectivity index (χ2n) is 6.79. The van der Waals surface area contributed by atoms with Crippen LogP contribution in [0.2, 0.25) is 0 Å². The van der Waals surface area contributed by atoms with Crippen molar-refractivity contribution in [3.63, 3.8) is 0 Å². The van der Waals surface area contributed by atoms with Crippen molar-refractivity contribution in [1.29, 1.82) is 0 Å². The van der Waals surface area contributed by atoms with E-state index in [0.717, 1.165) is 12.8 Å². The fourth-order valence-corrected chi connectivity index (χ4v) is 3.56. The normalized spacial score (nSPS) is 26.1. The highest BCUT2D eigenvalue weighted by Crippen LogP contribution is 2.43. The average Bonchev–Trinajstić information content (AvgIpc) is 2.48. The highest BCUT2D eigenvalue weighted by Gasteiger charge is 2.41. The highest BCUT2D eigenvalue weighted by atomic mass is 16.5. The molecule has 2 rings (SSSR count). The second kappa shape index (κ2) is 6.46. The zero-order valence-electron chi connectivity index (χ0n) is 13.3. The van der Waals surface area contributed by atoms with E-state index in [1.807, 2.05) is 6.07 Å². The number of esters is 1. The van der Waals surface area contributed by atoms with E-state index in [1.165, 1.54) is 18.1 Å². The summed E-state index contributed by atoms with van der Waals surface area (Å²) in [6.07, 6.45) is 4.49. The fourth-order valence-electron chi connectivity index (χ4n) is 3.56. The van der Waals surface area contributed by atoms with E-state index in [9.17, 15) is 4.79 Å². The molecule has 114 valence electrons. The van der Waals surface area contributed by atoms with Gasteiger partial charge in [-0.25, -0.2) is 4.79 Å². The molecule has 1 saturated carbocycles. The molecule has 0 heterocycles. The third-order valence-corrected chi connectivity index (χ3v) is 4.93. The molecule has 0 bridgehead atoms. The van der Waals surface area contributed by atoms with Crippen LogP contribution in [0.4, 0.5) is 0 Å². The highest BCUT2D eigenvalue weighted by molar-refractivity contribution is 5.81. The maximum Gasteiger partial charge on any atom is 0.330 e. The molecule has 0 spiro atoms. The van der Waals surface area contributed by atoms with Gasteiger partial charge < -0.3 is 4.74 Å². The van der Waals surface area contributed by atoms with Crippen molar-refractivity contribution in [3.05, 3.63) is 48.6 Å². The summed E-state index contributed by atoms with van der Waals surface area (Å²) < 4.78 is 5.67. The van der Waals surface area contributed by atoms with Gasteiger partial charge >= 0.3 is 5.97 Å². The molecule has 0 N–H and O–H groups in total. The van der Waals surface area contributed by atoms with Crippen LogP contribution in [0.25, 0.3) is 0 Å². The van der Waals surface area contributed by atoms with Gasteiger partial charge in [-0.2, -0.15) is 0 Å². The van der Waals surface area contributed by atoms with Gasteiger partial charge in [0.1, 0.15) is 6.10 Å². The van der Waals surface area contributed by atoms with Crippen LogP contribution in [-0.4, -0.2) is 12.1 Å². The first-order valence-electron chi connectivity index (χ1n) is 7.83. The van der Waals surface area contributed by atoms with Crippen LogP contribution in [0.5, 0.6) is 0 Å². The van der Waals surface area contributed by atoms with Crippen molar-refractivity contribution in [2.75, 3.05) is 0 Å². The lowest BCUT2D eigenvalue weighted by molar-refractivity contribution is -0.150. The van der Waals surface area contributed by atoms with Gasteiger partial charge in [0.05, 0.1) is 0 Å². The Kier molecular flexibility index (Phi) is 4.87. The lowest BCUT2D eigenvalue weighted by atomic mass is 9.64. The molecule has 1 aromatic carbocycles. The van der Waals surface area contributed by atoms with Crippen LogP contribution in [0.15, 0.2) is 43.0 Å². The summed E-state index contributed by atoms with van der Waals surface area (Å²) in [6, 6.07) is 10.5. The molecule has 1 aliphatic rings. The maximum absolute atomic E-state index is 11.7. The largest absolute Gasteiger partial charge is 0.459 e. The molecule has 3 atom stereocenters. The molecule has 1 aliphatic carbocycles. The summed E-state index contributed by atoms with van der Waals surface area (Å²) in [7, 11) is 0. The molecule has 1 fully saturated rings. The Hall–Kier alpha value is -1.57.